The van der Waals surface area contributed by atoms with Gasteiger partial charge in [0.15, 0.2) is 0 Å². The topological polar surface area (TPSA) is 50.4 Å². The molecule has 1 atom stereocenters. The number of nitrogens with one attached hydrogen (secondary N) is 2. The Morgan fingerprint density at radius 3 is 2.88 bits per heavy atom. The zero-order valence-electron chi connectivity index (χ0n) is 15.2. The average Bonchev–Trinajstić information content (AvgIpc) is 2.82. The fourth-order valence-corrected chi connectivity index (χ4v) is 3.48. The minimum Gasteiger partial charge on any atom is -0.493 e. The highest BCUT2D eigenvalue weighted by molar-refractivity contribution is 5.94. The minimum absolute atomic E-state index is 0.0543. The number of carbonyl (C=O) groups excluding carboxylic acids is 1. The second-order valence-corrected chi connectivity index (χ2v) is 6.70. The Morgan fingerprint density at radius 2 is 2.08 bits per heavy atom. The molecule has 0 aromatic heterocycles. The number of hydrogen-bond acceptors (Lipinski definition) is 3. The van der Waals surface area contributed by atoms with E-state index in [0.717, 1.165) is 37.3 Å². The summed E-state index contributed by atoms with van der Waals surface area (Å²) in [5, 5.41) is 6.33. The smallest absolute Gasteiger partial charge is 0.251 e. The van der Waals surface area contributed by atoms with Crippen LogP contribution in [0.5, 0.6) is 5.75 Å². The lowest BCUT2D eigenvalue weighted by Crippen LogP contribution is -2.22. The molecule has 0 spiro atoms. The summed E-state index contributed by atoms with van der Waals surface area (Å²) >= 11 is 0. The molecule has 3 rings (SSSR count). The summed E-state index contributed by atoms with van der Waals surface area (Å²) in [5.41, 5.74) is 5.51. The van der Waals surface area contributed by atoms with Gasteiger partial charge in [0.1, 0.15) is 5.75 Å². The predicted molar refractivity (Wildman–Crippen MR) is 100 cm³/mol. The van der Waals surface area contributed by atoms with Crippen LogP contribution >= 0.6 is 0 Å². The Kier molecular flexibility index (Phi) is 5.39. The summed E-state index contributed by atoms with van der Waals surface area (Å²) in [5.74, 6) is 0.973. The van der Waals surface area contributed by atoms with Crippen LogP contribution in [0.2, 0.25) is 0 Å². The number of carbonyl (C=O) groups is 1. The molecular weight excluding hydrogens is 312 g/mol. The number of ether oxygens (including phenoxy) is 1. The molecule has 0 radical (unpaired) electrons. The molecule has 2 N–H and O–H groups in total. The van der Waals surface area contributed by atoms with E-state index < -0.39 is 0 Å². The molecule has 0 saturated heterocycles. The molecule has 2 aromatic carbocycles. The van der Waals surface area contributed by atoms with Crippen molar-refractivity contribution in [3.63, 3.8) is 0 Å². The van der Waals surface area contributed by atoms with Gasteiger partial charge in [-0.15, -0.1) is 0 Å². The molecule has 1 aliphatic heterocycles. The molecule has 0 fully saturated rings. The molecule has 1 heterocycles. The van der Waals surface area contributed by atoms with Crippen molar-refractivity contribution in [2.75, 3.05) is 13.7 Å². The third-order valence-corrected chi connectivity index (χ3v) is 4.68. The van der Waals surface area contributed by atoms with Crippen molar-refractivity contribution in [1.82, 2.24) is 10.6 Å². The number of rotatable bonds is 4. The van der Waals surface area contributed by atoms with E-state index in [9.17, 15) is 4.79 Å². The maximum Gasteiger partial charge on any atom is 0.251 e. The SMILES string of the molecule is CNC(=O)c1cccc(CN[C@H]2CCCOc3c(C)cc(C)cc32)c1. The van der Waals surface area contributed by atoms with Gasteiger partial charge in [0, 0.05) is 30.8 Å². The van der Waals surface area contributed by atoms with Crippen molar-refractivity contribution in [1.29, 1.82) is 0 Å². The lowest BCUT2D eigenvalue weighted by Gasteiger charge is -2.20. The van der Waals surface area contributed by atoms with Crippen LogP contribution in [0, 0.1) is 13.8 Å². The fraction of sp³-hybridized carbons (Fsp3) is 0.381. The number of amides is 1. The van der Waals surface area contributed by atoms with Gasteiger partial charge in [-0.2, -0.15) is 0 Å². The van der Waals surface area contributed by atoms with Gasteiger partial charge < -0.3 is 15.4 Å². The maximum absolute atomic E-state index is 11.8. The molecule has 0 bridgehead atoms. The third-order valence-electron chi connectivity index (χ3n) is 4.68. The van der Waals surface area contributed by atoms with Gasteiger partial charge in [-0.3, -0.25) is 4.79 Å². The van der Waals surface area contributed by atoms with E-state index in [4.69, 9.17) is 4.74 Å². The van der Waals surface area contributed by atoms with Crippen LogP contribution in [-0.4, -0.2) is 19.6 Å². The van der Waals surface area contributed by atoms with E-state index in [2.05, 4.69) is 42.7 Å². The van der Waals surface area contributed by atoms with Crippen LogP contribution in [0.15, 0.2) is 36.4 Å². The first kappa shape index (κ1) is 17.5. The van der Waals surface area contributed by atoms with Gasteiger partial charge >= 0.3 is 0 Å². The molecule has 1 aliphatic rings. The van der Waals surface area contributed by atoms with E-state index in [1.807, 2.05) is 18.2 Å². The van der Waals surface area contributed by atoms with Crippen LogP contribution in [0.3, 0.4) is 0 Å². The fourth-order valence-electron chi connectivity index (χ4n) is 3.48. The van der Waals surface area contributed by atoms with Crippen LogP contribution in [0.25, 0.3) is 0 Å². The summed E-state index contributed by atoms with van der Waals surface area (Å²) < 4.78 is 5.99. The summed E-state index contributed by atoms with van der Waals surface area (Å²) in [7, 11) is 1.65. The lowest BCUT2D eigenvalue weighted by atomic mass is 9.97. The highest BCUT2D eigenvalue weighted by Gasteiger charge is 2.21. The zero-order chi connectivity index (χ0) is 17.8. The van der Waals surface area contributed by atoms with Gasteiger partial charge in [-0.25, -0.2) is 0 Å². The van der Waals surface area contributed by atoms with E-state index >= 15 is 0 Å². The summed E-state index contributed by atoms with van der Waals surface area (Å²) in [4.78, 5) is 11.8. The highest BCUT2D eigenvalue weighted by atomic mass is 16.5. The summed E-state index contributed by atoms with van der Waals surface area (Å²) in [6.07, 6.45) is 2.08. The van der Waals surface area contributed by atoms with Crippen molar-refractivity contribution in [2.24, 2.45) is 0 Å². The number of hydrogen-bond donors (Lipinski definition) is 2. The molecule has 4 heteroatoms. The lowest BCUT2D eigenvalue weighted by molar-refractivity contribution is 0.0963. The van der Waals surface area contributed by atoms with Crippen molar-refractivity contribution < 1.29 is 9.53 Å². The normalized spacial score (nSPS) is 16.5. The predicted octanol–water partition coefficient (Wildman–Crippen LogP) is 3.67. The molecule has 0 aliphatic carbocycles. The Morgan fingerprint density at radius 1 is 1.24 bits per heavy atom. The van der Waals surface area contributed by atoms with E-state index in [0.29, 0.717) is 5.56 Å². The van der Waals surface area contributed by atoms with Crippen LogP contribution in [-0.2, 0) is 6.54 Å². The molecule has 25 heavy (non-hydrogen) atoms. The first-order valence-electron chi connectivity index (χ1n) is 8.87. The standard InChI is InChI=1S/C21H26N2O2/c1-14-10-15(2)20-18(11-14)19(8-5-9-25-20)23-13-16-6-4-7-17(12-16)21(24)22-3/h4,6-7,10-12,19,23H,5,8-9,13H2,1-3H3,(H,22,24)/t19-/m0/s1. The zero-order valence-corrected chi connectivity index (χ0v) is 15.2. The summed E-state index contributed by atoms with van der Waals surface area (Å²) in [6.45, 7) is 5.73. The highest BCUT2D eigenvalue weighted by Crippen LogP contribution is 2.35. The quantitative estimate of drug-likeness (QED) is 0.894. The molecular formula is C21H26N2O2. The molecule has 2 aromatic rings. The Labute approximate surface area is 149 Å². The summed E-state index contributed by atoms with van der Waals surface area (Å²) in [6, 6.07) is 12.4. The van der Waals surface area contributed by atoms with Crippen molar-refractivity contribution in [3.8, 4) is 5.75 Å². The minimum atomic E-state index is -0.0543. The average molecular weight is 338 g/mol. The van der Waals surface area contributed by atoms with E-state index in [-0.39, 0.29) is 11.9 Å². The number of fused-ring (bicyclic) bond motifs is 1. The Bertz CT molecular complexity index is 770. The molecule has 0 saturated carbocycles. The first-order chi connectivity index (χ1) is 12.1. The number of aryl methyl sites for hydroxylation is 2. The Balaban J connectivity index is 1.79. The van der Waals surface area contributed by atoms with E-state index in [1.165, 1.54) is 16.7 Å². The van der Waals surface area contributed by atoms with Crippen molar-refractivity contribution in [2.45, 2.75) is 39.3 Å². The van der Waals surface area contributed by atoms with Crippen LogP contribution in [0.1, 0.15) is 51.5 Å². The monoisotopic (exact) mass is 338 g/mol. The number of benzene rings is 2. The molecule has 4 nitrogen and oxygen atoms in total. The van der Waals surface area contributed by atoms with Gasteiger partial charge in [-0.1, -0.05) is 29.8 Å². The Hall–Kier alpha value is -2.33. The van der Waals surface area contributed by atoms with Gasteiger partial charge in [-0.05, 0) is 49.9 Å². The van der Waals surface area contributed by atoms with E-state index in [1.54, 1.807) is 7.05 Å². The third kappa shape index (κ3) is 4.02. The second-order valence-electron chi connectivity index (χ2n) is 6.70. The molecule has 0 unspecified atom stereocenters. The first-order valence-corrected chi connectivity index (χ1v) is 8.87. The van der Waals surface area contributed by atoms with Gasteiger partial charge in [0.25, 0.3) is 5.91 Å². The molecule has 132 valence electrons. The van der Waals surface area contributed by atoms with Crippen LogP contribution in [0.4, 0.5) is 0 Å². The largest absolute Gasteiger partial charge is 0.493 e. The van der Waals surface area contributed by atoms with Gasteiger partial charge in [0.2, 0.25) is 0 Å². The van der Waals surface area contributed by atoms with Crippen LogP contribution < -0.4 is 15.4 Å². The van der Waals surface area contributed by atoms with Crippen molar-refractivity contribution in [3.05, 3.63) is 64.2 Å². The van der Waals surface area contributed by atoms with Gasteiger partial charge in [0.05, 0.1) is 6.61 Å². The maximum atomic E-state index is 11.8. The molecule has 1 amide bonds. The van der Waals surface area contributed by atoms with Crippen molar-refractivity contribution >= 4 is 5.91 Å². The second kappa shape index (κ2) is 7.70.